The van der Waals surface area contributed by atoms with Crippen molar-refractivity contribution in [2.75, 3.05) is 28.4 Å². The maximum Gasteiger partial charge on any atom is 0.0319 e. The molecule has 254 valence electrons. The van der Waals surface area contributed by atoms with Crippen molar-refractivity contribution >= 4 is 0 Å². The molecule has 4 nitrogen and oxygen atoms in total. The molecule has 0 radical (unpaired) electrons. The van der Waals surface area contributed by atoms with Gasteiger partial charge in [0.1, 0.15) is 0 Å². The first-order valence-electron chi connectivity index (χ1n) is 18.3. The Bertz CT molecular complexity index is 185. The lowest BCUT2D eigenvalue weighted by Crippen LogP contribution is -1.85. The Balaban J connectivity index is -0.000000782. The van der Waals surface area contributed by atoms with Gasteiger partial charge in [0.05, 0.1) is 0 Å². The maximum absolute atomic E-state index is 7.00. The zero-order valence-corrected chi connectivity index (χ0v) is 29.1. The lowest BCUT2D eigenvalue weighted by Gasteiger charge is -2.04. The summed E-state index contributed by atoms with van der Waals surface area (Å²) in [4.78, 5) is 0. The SMILES string of the molecule is C1CCCCCCCCCCCCCCCCCCCCCCCCCCCCCCCC1.CO.CO.CO.CO. The molecule has 0 unspecified atom stereocenters. The summed E-state index contributed by atoms with van der Waals surface area (Å²) < 4.78 is 0. The highest BCUT2D eigenvalue weighted by Crippen LogP contribution is 2.17. The monoisotopic (exact) mass is 591 g/mol. The summed E-state index contributed by atoms with van der Waals surface area (Å²) in [6.45, 7) is 0. The minimum atomic E-state index is 1.00. The first-order chi connectivity index (χ1) is 20.5. The zero-order chi connectivity index (χ0) is 31.3. The Labute approximate surface area is 260 Å². The van der Waals surface area contributed by atoms with Crippen LogP contribution in [0.25, 0.3) is 0 Å². The van der Waals surface area contributed by atoms with Crippen LogP contribution in [0.4, 0.5) is 0 Å². The molecule has 1 aliphatic carbocycles. The maximum atomic E-state index is 7.00. The molecule has 4 N–H and O–H groups in total. The minimum absolute atomic E-state index is 1.00. The fourth-order valence-corrected chi connectivity index (χ4v) is 5.83. The van der Waals surface area contributed by atoms with E-state index in [1.807, 2.05) is 0 Å². The van der Waals surface area contributed by atoms with Gasteiger partial charge in [0.15, 0.2) is 0 Å². The molecule has 0 bridgehead atoms. The van der Waals surface area contributed by atoms with Crippen molar-refractivity contribution in [3.63, 3.8) is 0 Å². The van der Waals surface area contributed by atoms with Gasteiger partial charge in [-0.2, -0.15) is 0 Å². The van der Waals surface area contributed by atoms with Crippen LogP contribution in [0.15, 0.2) is 0 Å². The molecule has 0 amide bonds. The second-order valence-corrected chi connectivity index (χ2v) is 11.7. The van der Waals surface area contributed by atoms with Crippen LogP contribution < -0.4 is 0 Å². The Morgan fingerprint density at radius 3 is 0.171 bits per heavy atom. The van der Waals surface area contributed by atoms with Crippen LogP contribution in [0.5, 0.6) is 0 Å². The summed E-state index contributed by atoms with van der Waals surface area (Å²) in [5, 5.41) is 28.0. The molecule has 0 atom stereocenters. The van der Waals surface area contributed by atoms with Gasteiger partial charge in [-0.3, -0.25) is 0 Å². The van der Waals surface area contributed by atoms with Gasteiger partial charge in [-0.25, -0.2) is 0 Å². The van der Waals surface area contributed by atoms with E-state index in [0.29, 0.717) is 0 Å². The van der Waals surface area contributed by atoms with Gasteiger partial charge < -0.3 is 20.4 Å². The number of hydrogen-bond acceptors (Lipinski definition) is 4. The van der Waals surface area contributed by atoms with Crippen molar-refractivity contribution in [3.8, 4) is 0 Å². The van der Waals surface area contributed by atoms with Crippen LogP contribution >= 0.6 is 0 Å². The Morgan fingerprint density at radius 1 is 0.122 bits per heavy atom. The van der Waals surface area contributed by atoms with Crippen molar-refractivity contribution in [3.05, 3.63) is 0 Å². The second kappa shape index (κ2) is 55.7. The summed E-state index contributed by atoms with van der Waals surface area (Å²) in [6.07, 6.45) is 49.5. The Hall–Kier alpha value is -0.160. The largest absolute Gasteiger partial charge is 0.400 e. The highest BCUT2D eigenvalue weighted by Gasteiger charge is 1.98. The standard InChI is InChI=1S/C33H66.4CH4O/c1-2-4-6-8-10-12-14-16-18-20-22-24-26-28-30-32-33-31-29-27-25-23-21-19-17-15-13-11-9-7-5-3-1;4*1-2/h1-33H2;4*2H,1H3. The molecular formula is C37H82O4. The Morgan fingerprint density at radius 2 is 0.146 bits per heavy atom. The van der Waals surface area contributed by atoms with Crippen molar-refractivity contribution in [1.29, 1.82) is 0 Å². The van der Waals surface area contributed by atoms with Crippen LogP contribution in [0.1, 0.15) is 212 Å². The average molecular weight is 591 g/mol. The number of aliphatic hydroxyl groups is 4. The van der Waals surface area contributed by atoms with Crippen molar-refractivity contribution < 1.29 is 20.4 Å². The lowest BCUT2D eigenvalue weighted by molar-refractivity contribution is 0.399. The van der Waals surface area contributed by atoms with E-state index in [4.69, 9.17) is 20.4 Å². The molecule has 0 saturated heterocycles. The fraction of sp³-hybridized carbons (Fsp3) is 1.00. The van der Waals surface area contributed by atoms with E-state index in [0.717, 1.165) is 28.4 Å². The van der Waals surface area contributed by atoms with Crippen LogP contribution in [-0.2, 0) is 0 Å². The number of aliphatic hydroxyl groups excluding tert-OH is 4. The third-order valence-corrected chi connectivity index (χ3v) is 8.25. The van der Waals surface area contributed by atoms with Crippen molar-refractivity contribution in [2.24, 2.45) is 0 Å². The topological polar surface area (TPSA) is 80.9 Å². The molecule has 1 rings (SSSR count). The highest BCUT2D eigenvalue weighted by atomic mass is 16.2. The predicted molar refractivity (Wildman–Crippen MR) is 185 cm³/mol. The zero-order valence-electron chi connectivity index (χ0n) is 29.1. The normalized spacial score (nSPS) is 19.9. The second-order valence-electron chi connectivity index (χ2n) is 11.7. The van der Waals surface area contributed by atoms with Crippen LogP contribution in [-0.4, -0.2) is 48.9 Å². The molecule has 1 saturated carbocycles. The van der Waals surface area contributed by atoms with Crippen molar-refractivity contribution in [1.82, 2.24) is 0 Å². The molecule has 0 heterocycles. The third kappa shape index (κ3) is 52.9. The van der Waals surface area contributed by atoms with Gasteiger partial charge in [0, 0.05) is 28.4 Å². The summed E-state index contributed by atoms with van der Waals surface area (Å²) in [5.41, 5.74) is 0. The van der Waals surface area contributed by atoms with Gasteiger partial charge in [-0.15, -0.1) is 0 Å². The molecule has 0 aromatic heterocycles. The Kier molecular flexibility index (Phi) is 64.9. The molecule has 1 fully saturated rings. The van der Waals surface area contributed by atoms with Gasteiger partial charge in [0.25, 0.3) is 0 Å². The molecule has 0 aromatic rings. The quantitative estimate of drug-likeness (QED) is 0.226. The first kappa shape index (κ1) is 47.8. The third-order valence-electron chi connectivity index (χ3n) is 8.25. The highest BCUT2D eigenvalue weighted by molar-refractivity contribution is 4.53. The summed E-state index contributed by atoms with van der Waals surface area (Å²) in [5.74, 6) is 0. The van der Waals surface area contributed by atoms with Crippen molar-refractivity contribution in [2.45, 2.75) is 212 Å². The van der Waals surface area contributed by atoms with E-state index >= 15 is 0 Å². The van der Waals surface area contributed by atoms with Crippen LogP contribution in [0.3, 0.4) is 0 Å². The predicted octanol–water partition coefficient (Wildman–Crippen LogP) is 11.3. The van der Waals surface area contributed by atoms with Gasteiger partial charge in [-0.1, -0.05) is 212 Å². The van der Waals surface area contributed by atoms with E-state index in [9.17, 15) is 0 Å². The minimum Gasteiger partial charge on any atom is -0.400 e. The molecule has 0 aliphatic heterocycles. The van der Waals surface area contributed by atoms with E-state index in [2.05, 4.69) is 0 Å². The number of hydrogen-bond donors (Lipinski definition) is 4. The van der Waals surface area contributed by atoms with Gasteiger partial charge >= 0.3 is 0 Å². The average Bonchev–Trinajstić information content (AvgIpc) is 3.04. The molecule has 4 heteroatoms. The van der Waals surface area contributed by atoms with E-state index in [1.165, 1.54) is 212 Å². The van der Waals surface area contributed by atoms with E-state index < -0.39 is 0 Å². The van der Waals surface area contributed by atoms with E-state index in [-0.39, 0.29) is 0 Å². The van der Waals surface area contributed by atoms with Gasteiger partial charge in [0.2, 0.25) is 0 Å². The molecule has 1 aliphatic rings. The summed E-state index contributed by atoms with van der Waals surface area (Å²) >= 11 is 0. The molecule has 41 heavy (non-hydrogen) atoms. The number of rotatable bonds is 0. The van der Waals surface area contributed by atoms with E-state index in [1.54, 1.807) is 0 Å². The summed E-state index contributed by atoms with van der Waals surface area (Å²) in [6, 6.07) is 0. The molecular weight excluding hydrogens is 508 g/mol. The fourth-order valence-electron chi connectivity index (χ4n) is 5.83. The first-order valence-corrected chi connectivity index (χ1v) is 18.3. The molecule has 0 aromatic carbocycles. The smallest absolute Gasteiger partial charge is 0.0319 e. The molecule has 0 spiro atoms. The van der Waals surface area contributed by atoms with Crippen LogP contribution in [0, 0.1) is 0 Å². The lowest BCUT2D eigenvalue weighted by atomic mass is 10.0. The summed E-state index contributed by atoms with van der Waals surface area (Å²) in [7, 11) is 4.00. The van der Waals surface area contributed by atoms with Crippen LogP contribution in [0.2, 0.25) is 0 Å². The van der Waals surface area contributed by atoms with Gasteiger partial charge in [-0.05, 0) is 0 Å².